The molecule has 2 aromatic carbocycles. The Morgan fingerprint density at radius 1 is 1.13 bits per heavy atom. The van der Waals surface area contributed by atoms with Crippen molar-refractivity contribution in [2.75, 3.05) is 18.7 Å². The molecule has 9 nitrogen and oxygen atoms in total. The minimum absolute atomic E-state index is 0.0545. The summed E-state index contributed by atoms with van der Waals surface area (Å²) in [6, 6.07) is 10.6. The van der Waals surface area contributed by atoms with E-state index in [4.69, 9.17) is 14.2 Å². The fraction of sp³-hybridized carbons (Fsp3) is 0.143. The SMILES string of the molecule is CCOC(=O)c1nn(-c2ccc(F)cc2)c(=O)cc1NC(=O)c1ccc2c(c1)OCO2. The maximum absolute atomic E-state index is 13.2. The van der Waals surface area contributed by atoms with Gasteiger partial charge >= 0.3 is 5.97 Å². The van der Waals surface area contributed by atoms with E-state index in [9.17, 15) is 18.8 Å². The summed E-state index contributed by atoms with van der Waals surface area (Å²) in [7, 11) is 0. The van der Waals surface area contributed by atoms with Crippen molar-refractivity contribution in [3.05, 3.63) is 76.0 Å². The number of nitrogens with one attached hydrogen (secondary N) is 1. The van der Waals surface area contributed by atoms with Crippen LogP contribution in [0.3, 0.4) is 0 Å². The molecule has 1 aromatic heterocycles. The first-order valence-electron chi connectivity index (χ1n) is 9.24. The van der Waals surface area contributed by atoms with Crippen LogP contribution < -0.4 is 20.3 Å². The third-order valence-corrected chi connectivity index (χ3v) is 4.35. The summed E-state index contributed by atoms with van der Waals surface area (Å²) < 4.78 is 29.6. The maximum atomic E-state index is 13.2. The minimum Gasteiger partial charge on any atom is -0.461 e. The van der Waals surface area contributed by atoms with Gasteiger partial charge in [0.25, 0.3) is 11.5 Å². The van der Waals surface area contributed by atoms with Crippen molar-refractivity contribution < 1.29 is 28.2 Å². The van der Waals surface area contributed by atoms with Crippen LogP contribution in [0.1, 0.15) is 27.8 Å². The van der Waals surface area contributed by atoms with Gasteiger partial charge in [0.1, 0.15) is 5.82 Å². The van der Waals surface area contributed by atoms with E-state index in [0.717, 1.165) is 22.9 Å². The van der Waals surface area contributed by atoms with Crippen LogP contribution in [0.5, 0.6) is 11.5 Å². The van der Waals surface area contributed by atoms with Crippen LogP contribution in [-0.2, 0) is 4.74 Å². The van der Waals surface area contributed by atoms with Crippen molar-refractivity contribution in [2.45, 2.75) is 6.92 Å². The molecule has 31 heavy (non-hydrogen) atoms. The molecule has 0 saturated carbocycles. The van der Waals surface area contributed by atoms with Crippen molar-refractivity contribution in [2.24, 2.45) is 0 Å². The van der Waals surface area contributed by atoms with E-state index < -0.39 is 23.3 Å². The number of fused-ring (bicyclic) bond motifs is 1. The number of hydrogen-bond donors (Lipinski definition) is 1. The highest BCUT2D eigenvalue weighted by Gasteiger charge is 2.22. The average Bonchev–Trinajstić information content (AvgIpc) is 3.23. The Morgan fingerprint density at radius 2 is 1.87 bits per heavy atom. The number of esters is 1. The van der Waals surface area contributed by atoms with Crippen molar-refractivity contribution in [1.82, 2.24) is 9.78 Å². The molecule has 1 aliphatic rings. The van der Waals surface area contributed by atoms with Crippen molar-refractivity contribution in [3.63, 3.8) is 0 Å². The molecule has 4 rings (SSSR count). The van der Waals surface area contributed by atoms with E-state index >= 15 is 0 Å². The number of aromatic nitrogens is 2. The number of rotatable bonds is 5. The number of ether oxygens (including phenoxy) is 3. The molecule has 158 valence electrons. The zero-order chi connectivity index (χ0) is 22.0. The first-order valence-corrected chi connectivity index (χ1v) is 9.24. The van der Waals surface area contributed by atoms with E-state index in [1.807, 2.05) is 0 Å². The first kappa shape index (κ1) is 20.1. The highest BCUT2D eigenvalue weighted by molar-refractivity contribution is 6.07. The lowest BCUT2D eigenvalue weighted by atomic mass is 10.2. The number of hydrogen-bond acceptors (Lipinski definition) is 7. The van der Waals surface area contributed by atoms with Crippen LogP contribution in [0.4, 0.5) is 10.1 Å². The summed E-state index contributed by atoms with van der Waals surface area (Å²) in [5, 5.41) is 6.56. The summed E-state index contributed by atoms with van der Waals surface area (Å²) in [5.41, 5.74) is -0.572. The maximum Gasteiger partial charge on any atom is 0.360 e. The second-order valence-electron chi connectivity index (χ2n) is 6.38. The van der Waals surface area contributed by atoms with Gasteiger partial charge in [-0.2, -0.15) is 9.78 Å². The molecule has 0 radical (unpaired) electrons. The molecule has 1 N–H and O–H groups in total. The molecule has 1 amide bonds. The third kappa shape index (κ3) is 4.08. The van der Waals surface area contributed by atoms with Gasteiger partial charge in [-0.1, -0.05) is 0 Å². The Kier molecular flexibility index (Phi) is 5.35. The molecule has 0 aliphatic carbocycles. The molecule has 0 fully saturated rings. The summed E-state index contributed by atoms with van der Waals surface area (Å²) >= 11 is 0. The zero-order valence-corrected chi connectivity index (χ0v) is 16.3. The Hall–Kier alpha value is -4.21. The molecule has 10 heteroatoms. The molecular formula is C21H16FN3O6. The van der Waals surface area contributed by atoms with Gasteiger partial charge in [-0.15, -0.1) is 0 Å². The fourth-order valence-electron chi connectivity index (χ4n) is 2.90. The van der Waals surface area contributed by atoms with Gasteiger partial charge in [0.15, 0.2) is 17.2 Å². The van der Waals surface area contributed by atoms with E-state index in [0.29, 0.717) is 11.5 Å². The first-order chi connectivity index (χ1) is 15.0. The van der Waals surface area contributed by atoms with Gasteiger partial charge in [-0.25, -0.2) is 9.18 Å². The van der Waals surface area contributed by atoms with Gasteiger partial charge in [-0.3, -0.25) is 9.59 Å². The van der Waals surface area contributed by atoms with Gasteiger partial charge < -0.3 is 19.5 Å². The topological polar surface area (TPSA) is 109 Å². The quantitative estimate of drug-likeness (QED) is 0.626. The van der Waals surface area contributed by atoms with E-state index in [-0.39, 0.29) is 36.0 Å². The lowest BCUT2D eigenvalue weighted by molar-refractivity contribution is 0.0518. The summed E-state index contributed by atoms with van der Waals surface area (Å²) in [6.07, 6.45) is 0. The molecule has 2 heterocycles. The predicted octanol–water partition coefficient (Wildman–Crippen LogP) is 2.53. The fourth-order valence-corrected chi connectivity index (χ4v) is 2.90. The number of halogens is 1. The Bertz CT molecular complexity index is 1220. The van der Waals surface area contributed by atoms with Gasteiger partial charge in [0.05, 0.1) is 18.0 Å². The normalized spacial score (nSPS) is 11.8. The Balaban J connectivity index is 1.71. The highest BCUT2D eigenvalue weighted by atomic mass is 19.1. The minimum atomic E-state index is -0.834. The highest BCUT2D eigenvalue weighted by Crippen LogP contribution is 2.32. The number of carbonyl (C=O) groups is 2. The monoisotopic (exact) mass is 425 g/mol. The number of benzene rings is 2. The van der Waals surface area contributed by atoms with E-state index in [2.05, 4.69) is 10.4 Å². The molecule has 3 aromatic rings. The van der Waals surface area contributed by atoms with Gasteiger partial charge in [0, 0.05) is 11.6 Å². The Morgan fingerprint density at radius 3 is 2.61 bits per heavy atom. The van der Waals surface area contributed by atoms with Crippen LogP contribution in [-0.4, -0.2) is 35.1 Å². The van der Waals surface area contributed by atoms with Crippen molar-refractivity contribution in [1.29, 1.82) is 0 Å². The van der Waals surface area contributed by atoms with Crippen molar-refractivity contribution in [3.8, 4) is 17.2 Å². The summed E-state index contributed by atoms with van der Waals surface area (Å²) in [6.45, 7) is 1.73. The van der Waals surface area contributed by atoms with E-state index in [1.165, 1.54) is 24.3 Å². The number of carbonyl (C=O) groups excluding carboxylic acids is 2. The predicted molar refractivity (Wildman–Crippen MR) is 106 cm³/mol. The van der Waals surface area contributed by atoms with Gasteiger partial charge in [0.2, 0.25) is 6.79 Å². The lowest BCUT2D eigenvalue weighted by Crippen LogP contribution is -2.27. The zero-order valence-electron chi connectivity index (χ0n) is 16.3. The largest absolute Gasteiger partial charge is 0.461 e. The number of nitrogens with zero attached hydrogens (tertiary/aromatic N) is 2. The second kappa shape index (κ2) is 8.27. The van der Waals surface area contributed by atoms with Crippen LogP contribution in [0.15, 0.2) is 53.3 Å². The van der Waals surface area contributed by atoms with Crippen LogP contribution >= 0.6 is 0 Å². The van der Waals surface area contributed by atoms with Gasteiger partial charge in [-0.05, 0) is 49.4 Å². The number of amides is 1. The second-order valence-corrected chi connectivity index (χ2v) is 6.38. The molecule has 0 bridgehead atoms. The molecule has 0 spiro atoms. The van der Waals surface area contributed by atoms with Crippen LogP contribution in [0.25, 0.3) is 5.69 Å². The van der Waals surface area contributed by atoms with Crippen molar-refractivity contribution >= 4 is 17.6 Å². The molecule has 0 atom stereocenters. The molecule has 0 saturated heterocycles. The summed E-state index contributed by atoms with van der Waals surface area (Å²) in [5.74, 6) is -1.01. The summed E-state index contributed by atoms with van der Waals surface area (Å²) in [4.78, 5) is 37.7. The van der Waals surface area contributed by atoms with Crippen LogP contribution in [0.2, 0.25) is 0 Å². The molecular weight excluding hydrogens is 409 g/mol. The Labute approximate surface area is 175 Å². The third-order valence-electron chi connectivity index (χ3n) is 4.35. The molecule has 1 aliphatic heterocycles. The standard InChI is InChI=1S/C21H16FN3O6/c1-2-29-21(28)19-15(10-18(26)25(24-19)14-6-4-13(22)5-7-14)23-20(27)12-3-8-16-17(9-12)31-11-30-16/h3-10H,2,11H2,1H3,(H,23,27). The van der Waals surface area contributed by atoms with E-state index in [1.54, 1.807) is 13.0 Å². The molecule has 0 unspecified atom stereocenters. The average molecular weight is 425 g/mol. The lowest BCUT2D eigenvalue weighted by Gasteiger charge is -2.12. The number of anilines is 1. The smallest absolute Gasteiger partial charge is 0.360 e. The van der Waals surface area contributed by atoms with Crippen LogP contribution in [0, 0.1) is 5.82 Å².